The molecular weight excluding hydrogens is 559 g/mol. The Labute approximate surface area is 237 Å². The van der Waals surface area contributed by atoms with Crippen molar-refractivity contribution < 1.29 is 27.5 Å². The topological polar surface area (TPSA) is 132 Å². The van der Waals surface area contributed by atoms with Gasteiger partial charge in [-0.05, 0) is 68.1 Å². The van der Waals surface area contributed by atoms with E-state index in [2.05, 4.69) is 40.7 Å². The molecule has 0 atom stereocenters. The number of benzene rings is 1. The molecule has 10 nitrogen and oxygen atoms in total. The molecule has 0 saturated carbocycles. The number of aromatic nitrogens is 5. The molecule has 3 heterocycles. The molecule has 4 rings (SSSR count). The van der Waals surface area contributed by atoms with Gasteiger partial charge in [-0.2, -0.15) is 5.10 Å². The Morgan fingerprint density at radius 3 is 2.39 bits per heavy atom. The lowest BCUT2D eigenvalue weighted by Gasteiger charge is -2.10. The van der Waals surface area contributed by atoms with E-state index in [4.69, 9.17) is 0 Å². The van der Waals surface area contributed by atoms with Gasteiger partial charge in [-0.1, -0.05) is 29.5 Å². The summed E-state index contributed by atoms with van der Waals surface area (Å²) in [5.74, 6) is -0.801. The Hall–Kier alpha value is -4.46. The molecule has 0 unspecified atom stereocenters. The van der Waals surface area contributed by atoms with Crippen LogP contribution in [0.15, 0.2) is 54.6 Å². The van der Waals surface area contributed by atoms with Crippen LogP contribution in [0.1, 0.15) is 40.5 Å². The van der Waals surface area contributed by atoms with Crippen LogP contribution >= 0.6 is 11.3 Å². The number of carbonyl (C=O) groups is 2. The number of hydrogen-bond donors (Lipinski definition) is 2. The van der Waals surface area contributed by atoms with Gasteiger partial charge in [-0.15, -0.1) is 28.5 Å². The highest BCUT2D eigenvalue weighted by Crippen LogP contribution is 2.23. The summed E-state index contributed by atoms with van der Waals surface area (Å²) < 4.78 is 41.1. The minimum atomic E-state index is -4.81. The average molecular weight is 586 g/mol. The number of hydrogen-bond acceptors (Lipinski definition) is 9. The van der Waals surface area contributed by atoms with Crippen molar-refractivity contribution in [3.8, 4) is 5.75 Å². The van der Waals surface area contributed by atoms with Gasteiger partial charge in [-0.3, -0.25) is 14.6 Å². The minimum absolute atomic E-state index is 0.153. The van der Waals surface area contributed by atoms with Gasteiger partial charge in [0.05, 0.1) is 18.5 Å². The number of nitrogens with one attached hydrogen (secondary N) is 2. The van der Waals surface area contributed by atoms with Crippen LogP contribution in [0.3, 0.4) is 0 Å². The SMILES string of the molecule is Cc1cccc(CC(=O)Nc2nnc(CCCCc3ccc(NC(=O)Cc4cccc(OC(F)(F)F)c4)nn3)s2)n1. The predicted octanol–water partition coefficient (Wildman–Crippen LogP) is 4.86. The smallest absolute Gasteiger partial charge is 0.406 e. The summed E-state index contributed by atoms with van der Waals surface area (Å²) in [4.78, 5) is 28.9. The molecule has 3 aromatic heterocycles. The lowest BCUT2D eigenvalue weighted by atomic mass is 10.1. The van der Waals surface area contributed by atoms with Crippen molar-refractivity contribution in [3.63, 3.8) is 0 Å². The maximum absolute atomic E-state index is 12.4. The first-order chi connectivity index (χ1) is 19.6. The number of alkyl halides is 3. The third-order valence-corrected chi connectivity index (χ3v) is 6.46. The summed E-state index contributed by atoms with van der Waals surface area (Å²) in [7, 11) is 0. The van der Waals surface area contributed by atoms with Crippen molar-refractivity contribution in [1.29, 1.82) is 0 Å². The summed E-state index contributed by atoms with van der Waals surface area (Å²) in [6.07, 6.45) is -1.79. The Bertz CT molecular complexity index is 1480. The molecule has 0 bridgehead atoms. The van der Waals surface area contributed by atoms with E-state index in [1.165, 1.54) is 23.5 Å². The Morgan fingerprint density at radius 2 is 1.63 bits per heavy atom. The molecule has 1 aromatic carbocycles. The molecule has 0 aliphatic rings. The molecule has 0 radical (unpaired) electrons. The van der Waals surface area contributed by atoms with Crippen LogP contribution in [-0.4, -0.2) is 43.6 Å². The van der Waals surface area contributed by atoms with E-state index >= 15 is 0 Å². The van der Waals surface area contributed by atoms with Crippen molar-refractivity contribution in [2.75, 3.05) is 10.6 Å². The number of rotatable bonds is 12. The van der Waals surface area contributed by atoms with Crippen LogP contribution in [0.25, 0.3) is 0 Å². The fourth-order valence-electron chi connectivity index (χ4n) is 3.80. The fraction of sp³-hybridized carbons (Fsp3) is 0.296. The average Bonchev–Trinajstić information content (AvgIpc) is 3.33. The van der Waals surface area contributed by atoms with E-state index in [-0.39, 0.29) is 24.6 Å². The highest BCUT2D eigenvalue weighted by molar-refractivity contribution is 7.15. The minimum Gasteiger partial charge on any atom is -0.406 e. The highest BCUT2D eigenvalue weighted by Gasteiger charge is 2.31. The van der Waals surface area contributed by atoms with Gasteiger partial charge in [0.1, 0.15) is 10.8 Å². The summed E-state index contributed by atoms with van der Waals surface area (Å²) in [5.41, 5.74) is 2.65. The number of nitrogens with zero attached hydrogens (tertiary/aromatic N) is 5. The first kappa shape index (κ1) is 29.5. The van der Waals surface area contributed by atoms with Gasteiger partial charge < -0.3 is 15.4 Å². The van der Waals surface area contributed by atoms with Gasteiger partial charge >= 0.3 is 6.36 Å². The molecule has 4 aromatic rings. The van der Waals surface area contributed by atoms with Crippen LogP contribution in [-0.2, 0) is 35.3 Å². The van der Waals surface area contributed by atoms with E-state index in [9.17, 15) is 22.8 Å². The predicted molar refractivity (Wildman–Crippen MR) is 145 cm³/mol. The lowest BCUT2D eigenvalue weighted by Crippen LogP contribution is -2.18. The van der Waals surface area contributed by atoms with Crippen molar-refractivity contribution >= 4 is 34.1 Å². The lowest BCUT2D eigenvalue weighted by molar-refractivity contribution is -0.274. The number of amides is 2. The second-order valence-corrected chi connectivity index (χ2v) is 10.1. The number of ether oxygens (including phenoxy) is 1. The number of pyridine rings is 1. The van der Waals surface area contributed by atoms with E-state index < -0.39 is 18.0 Å². The molecule has 0 aliphatic heterocycles. The first-order valence-electron chi connectivity index (χ1n) is 12.6. The van der Waals surface area contributed by atoms with Crippen molar-refractivity contribution in [2.24, 2.45) is 0 Å². The number of halogens is 3. The fourth-order valence-corrected chi connectivity index (χ4v) is 4.60. The van der Waals surface area contributed by atoms with Gasteiger partial charge in [0.2, 0.25) is 16.9 Å². The Morgan fingerprint density at radius 1 is 0.854 bits per heavy atom. The summed E-state index contributed by atoms with van der Waals surface area (Å²) in [6, 6.07) is 14.1. The Kier molecular flexibility index (Phi) is 9.90. The van der Waals surface area contributed by atoms with E-state index in [0.29, 0.717) is 29.2 Å². The highest BCUT2D eigenvalue weighted by atomic mass is 32.1. The van der Waals surface area contributed by atoms with E-state index in [1.54, 1.807) is 18.2 Å². The molecule has 0 fully saturated rings. The second kappa shape index (κ2) is 13.7. The third-order valence-electron chi connectivity index (χ3n) is 5.56. The van der Waals surface area contributed by atoms with Crippen molar-refractivity contribution in [1.82, 2.24) is 25.4 Å². The van der Waals surface area contributed by atoms with Crippen LogP contribution in [0.4, 0.5) is 24.1 Å². The van der Waals surface area contributed by atoms with Gasteiger partial charge in [0.15, 0.2) is 5.82 Å². The van der Waals surface area contributed by atoms with Gasteiger partial charge in [0, 0.05) is 17.8 Å². The van der Waals surface area contributed by atoms with E-state index in [0.717, 1.165) is 41.4 Å². The summed E-state index contributed by atoms with van der Waals surface area (Å²) in [5, 5.41) is 22.9. The molecular formula is C27H26F3N7O3S. The van der Waals surface area contributed by atoms with Crippen molar-refractivity contribution in [3.05, 3.63) is 82.3 Å². The number of carbonyl (C=O) groups excluding carboxylic acids is 2. The zero-order valence-corrected chi connectivity index (χ0v) is 22.8. The van der Waals surface area contributed by atoms with Gasteiger partial charge in [0.25, 0.3) is 0 Å². The normalized spacial score (nSPS) is 11.2. The van der Waals surface area contributed by atoms with Crippen LogP contribution in [0.2, 0.25) is 0 Å². The number of unbranched alkanes of at least 4 members (excludes halogenated alkanes) is 1. The standard InChI is InChI=1S/C27H26F3N7O3S/c1-17-6-4-9-20(31-17)16-24(39)33-26-37-36-25(41-26)11-3-2-8-19-12-13-22(35-34-19)32-23(38)15-18-7-5-10-21(14-18)40-27(28,29)30/h4-7,9-10,12-14H,2-3,8,11,15-16H2,1H3,(H,32,35,38)(H,33,37,39). The van der Waals surface area contributed by atoms with E-state index in [1.807, 2.05) is 19.1 Å². The third kappa shape index (κ3) is 10.2. The van der Waals surface area contributed by atoms with Crippen LogP contribution in [0, 0.1) is 6.92 Å². The Balaban J connectivity index is 1.16. The largest absolute Gasteiger partial charge is 0.573 e. The number of anilines is 2. The molecule has 214 valence electrons. The van der Waals surface area contributed by atoms with Crippen LogP contribution < -0.4 is 15.4 Å². The monoisotopic (exact) mass is 585 g/mol. The molecule has 0 aliphatic carbocycles. The van der Waals surface area contributed by atoms with Gasteiger partial charge in [-0.25, -0.2) is 0 Å². The second-order valence-electron chi connectivity index (χ2n) is 9.03. The molecule has 0 saturated heterocycles. The van der Waals surface area contributed by atoms with Crippen LogP contribution in [0.5, 0.6) is 5.75 Å². The molecule has 41 heavy (non-hydrogen) atoms. The molecule has 2 amide bonds. The molecule has 2 N–H and O–H groups in total. The zero-order valence-electron chi connectivity index (χ0n) is 21.9. The quantitative estimate of drug-likeness (QED) is 0.226. The number of aryl methyl sites for hydroxylation is 3. The maximum atomic E-state index is 12.4. The zero-order chi connectivity index (χ0) is 29.2. The van der Waals surface area contributed by atoms with Crippen molar-refractivity contribution in [2.45, 2.75) is 51.8 Å². The molecule has 0 spiro atoms. The molecule has 14 heteroatoms. The summed E-state index contributed by atoms with van der Waals surface area (Å²) >= 11 is 1.33. The maximum Gasteiger partial charge on any atom is 0.573 e. The summed E-state index contributed by atoms with van der Waals surface area (Å²) in [6.45, 7) is 1.87. The first-order valence-corrected chi connectivity index (χ1v) is 13.4.